The summed E-state index contributed by atoms with van der Waals surface area (Å²) in [7, 11) is 1.91. The molecular formula is C14H19N5O2S. The highest BCUT2D eigenvalue weighted by Crippen LogP contribution is 2.16. The van der Waals surface area contributed by atoms with E-state index in [0.717, 1.165) is 17.8 Å². The van der Waals surface area contributed by atoms with Crippen molar-refractivity contribution < 1.29 is 9.90 Å². The zero-order chi connectivity index (χ0) is 15.7. The highest BCUT2D eigenvalue weighted by molar-refractivity contribution is 7.07. The van der Waals surface area contributed by atoms with Crippen LogP contribution in [-0.4, -0.2) is 55.9 Å². The van der Waals surface area contributed by atoms with Crippen LogP contribution in [0.4, 0.5) is 0 Å². The molecule has 2 N–H and O–H groups in total. The second-order valence-electron chi connectivity index (χ2n) is 5.59. The lowest BCUT2D eigenvalue weighted by atomic mass is 10.2. The number of hydrogen-bond donors (Lipinski definition) is 2. The molecule has 1 aliphatic rings. The van der Waals surface area contributed by atoms with Crippen molar-refractivity contribution in [3.63, 3.8) is 0 Å². The fourth-order valence-electron chi connectivity index (χ4n) is 2.64. The highest BCUT2D eigenvalue weighted by Gasteiger charge is 2.33. The van der Waals surface area contributed by atoms with Gasteiger partial charge in [0.15, 0.2) is 0 Å². The molecule has 2 atom stereocenters. The van der Waals surface area contributed by atoms with E-state index in [2.05, 4.69) is 20.3 Å². The molecular weight excluding hydrogens is 302 g/mol. The molecule has 0 aromatic carbocycles. The lowest BCUT2D eigenvalue weighted by molar-refractivity contribution is 0.0884. The van der Waals surface area contributed by atoms with Gasteiger partial charge in [0.25, 0.3) is 5.91 Å². The minimum Gasteiger partial charge on any atom is -0.390 e. The van der Waals surface area contributed by atoms with E-state index in [9.17, 15) is 9.90 Å². The molecule has 2 aromatic heterocycles. The first-order chi connectivity index (χ1) is 10.5. The average Bonchev–Trinajstić information content (AvgIpc) is 3.18. The van der Waals surface area contributed by atoms with Crippen LogP contribution in [0.2, 0.25) is 0 Å². The van der Waals surface area contributed by atoms with E-state index in [1.54, 1.807) is 10.9 Å². The van der Waals surface area contributed by atoms with Gasteiger partial charge in [0.2, 0.25) is 0 Å². The summed E-state index contributed by atoms with van der Waals surface area (Å²) in [5.74, 6) is -0.232. The lowest BCUT2D eigenvalue weighted by Crippen LogP contribution is -2.42. The van der Waals surface area contributed by atoms with E-state index < -0.39 is 6.10 Å². The molecule has 7 nitrogen and oxygen atoms in total. The Labute approximate surface area is 132 Å². The van der Waals surface area contributed by atoms with Gasteiger partial charge in [0, 0.05) is 43.3 Å². The van der Waals surface area contributed by atoms with Crippen LogP contribution in [0.1, 0.15) is 21.7 Å². The maximum atomic E-state index is 12.0. The number of β-amino-alcohol motifs (C(OH)–C–C–N with tert-alkyl or cyclic N) is 1. The van der Waals surface area contributed by atoms with Crippen molar-refractivity contribution in [1.29, 1.82) is 0 Å². The molecule has 3 rings (SSSR count). The summed E-state index contributed by atoms with van der Waals surface area (Å²) in [4.78, 5) is 18.1. The third kappa shape index (κ3) is 3.03. The van der Waals surface area contributed by atoms with Gasteiger partial charge in [-0.1, -0.05) is 0 Å². The number of carbonyl (C=O) groups is 1. The average molecular weight is 321 g/mol. The number of carbonyl (C=O) groups excluding carboxylic acids is 1. The number of hydrogen-bond acceptors (Lipinski definition) is 6. The maximum Gasteiger partial charge on any atom is 0.271 e. The predicted octanol–water partition coefficient (Wildman–Crippen LogP) is 0.160. The molecule has 1 saturated heterocycles. The van der Waals surface area contributed by atoms with E-state index in [1.807, 2.05) is 24.9 Å². The van der Waals surface area contributed by atoms with Gasteiger partial charge in [-0.2, -0.15) is 5.10 Å². The summed E-state index contributed by atoms with van der Waals surface area (Å²) in [5, 5.41) is 19.0. The molecule has 0 spiro atoms. The van der Waals surface area contributed by atoms with E-state index in [1.165, 1.54) is 11.3 Å². The topological polar surface area (TPSA) is 83.3 Å². The van der Waals surface area contributed by atoms with Gasteiger partial charge in [0.05, 0.1) is 23.9 Å². The Balaban J connectivity index is 1.60. The smallest absolute Gasteiger partial charge is 0.271 e. The number of nitrogens with one attached hydrogen (secondary N) is 1. The highest BCUT2D eigenvalue weighted by atomic mass is 32.1. The monoisotopic (exact) mass is 321 g/mol. The number of likely N-dealkylation sites (tertiary alicyclic amines) is 1. The van der Waals surface area contributed by atoms with Crippen molar-refractivity contribution in [1.82, 2.24) is 25.0 Å². The van der Waals surface area contributed by atoms with E-state index in [0.29, 0.717) is 18.8 Å². The second-order valence-corrected chi connectivity index (χ2v) is 6.31. The number of rotatable bonds is 4. The second kappa shape index (κ2) is 6.15. The molecule has 1 fully saturated rings. The number of aromatic nitrogens is 3. The van der Waals surface area contributed by atoms with Crippen LogP contribution >= 0.6 is 11.3 Å². The SMILES string of the molecule is Cc1c(CN2C[C@@H](O)[C@H](NC(=O)c3cscn3)C2)cnn1C. The quantitative estimate of drug-likeness (QED) is 0.838. The van der Waals surface area contributed by atoms with Crippen molar-refractivity contribution in [3.05, 3.63) is 34.0 Å². The molecule has 8 heteroatoms. The minimum atomic E-state index is -0.570. The third-order valence-electron chi connectivity index (χ3n) is 4.08. The molecule has 0 saturated carbocycles. The minimum absolute atomic E-state index is 0.232. The van der Waals surface area contributed by atoms with Gasteiger partial charge in [-0.15, -0.1) is 11.3 Å². The summed E-state index contributed by atoms with van der Waals surface area (Å²) in [5.41, 5.74) is 4.28. The van der Waals surface area contributed by atoms with Crippen LogP contribution in [0.5, 0.6) is 0 Å². The molecule has 3 heterocycles. The molecule has 0 unspecified atom stereocenters. The van der Waals surface area contributed by atoms with Crippen molar-refractivity contribution >= 4 is 17.2 Å². The number of aliphatic hydroxyl groups is 1. The van der Waals surface area contributed by atoms with Crippen LogP contribution in [-0.2, 0) is 13.6 Å². The molecule has 0 radical (unpaired) electrons. The summed E-state index contributed by atoms with van der Waals surface area (Å²) in [6.45, 7) is 3.90. The van der Waals surface area contributed by atoms with Crippen LogP contribution in [0, 0.1) is 6.92 Å². The Hall–Kier alpha value is -1.77. The zero-order valence-corrected chi connectivity index (χ0v) is 13.4. The summed E-state index contributed by atoms with van der Waals surface area (Å²) >= 11 is 1.38. The fourth-order valence-corrected chi connectivity index (χ4v) is 3.18. The molecule has 1 aliphatic heterocycles. The summed E-state index contributed by atoms with van der Waals surface area (Å²) in [6, 6.07) is -0.272. The Morgan fingerprint density at radius 2 is 2.36 bits per heavy atom. The predicted molar refractivity (Wildman–Crippen MR) is 82.6 cm³/mol. The molecule has 118 valence electrons. The number of aliphatic hydroxyl groups excluding tert-OH is 1. The molecule has 22 heavy (non-hydrogen) atoms. The van der Waals surface area contributed by atoms with Gasteiger partial charge in [-0.3, -0.25) is 14.4 Å². The number of aryl methyl sites for hydroxylation is 1. The van der Waals surface area contributed by atoms with Crippen LogP contribution in [0.3, 0.4) is 0 Å². The van der Waals surface area contributed by atoms with Gasteiger partial charge >= 0.3 is 0 Å². The first-order valence-corrected chi connectivity index (χ1v) is 8.06. The third-order valence-corrected chi connectivity index (χ3v) is 4.66. The normalized spacial score (nSPS) is 22.1. The van der Waals surface area contributed by atoms with Crippen LogP contribution < -0.4 is 5.32 Å². The largest absolute Gasteiger partial charge is 0.390 e. The number of amides is 1. The van der Waals surface area contributed by atoms with Crippen LogP contribution in [0.15, 0.2) is 17.1 Å². The number of thiazole rings is 1. The summed E-state index contributed by atoms with van der Waals surface area (Å²) in [6.07, 6.45) is 1.28. The van der Waals surface area contributed by atoms with Gasteiger partial charge in [0.1, 0.15) is 5.69 Å². The Morgan fingerprint density at radius 1 is 1.55 bits per heavy atom. The van der Waals surface area contributed by atoms with E-state index >= 15 is 0 Å². The van der Waals surface area contributed by atoms with Crippen molar-refractivity contribution in [2.45, 2.75) is 25.6 Å². The van der Waals surface area contributed by atoms with Crippen molar-refractivity contribution in [3.8, 4) is 0 Å². The van der Waals surface area contributed by atoms with E-state index in [4.69, 9.17) is 0 Å². The Kier molecular flexibility index (Phi) is 4.23. The van der Waals surface area contributed by atoms with Crippen LogP contribution in [0.25, 0.3) is 0 Å². The zero-order valence-electron chi connectivity index (χ0n) is 12.6. The van der Waals surface area contributed by atoms with Gasteiger partial charge in [-0.05, 0) is 6.92 Å². The standard InChI is InChI=1S/C14H19N5O2S/c1-9-10(3-16-18(9)2)4-19-5-11(13(20)6-19)17-14(21)12-7-22-8-15-12/h3,7-8,11,13,20H,4-6H2,1-2H3,(H,17,21)/t11-,13-/m1/s1. The van der Waals surface area contributed by atoms with Gasteiger partial charge in [-0.25, -0.2) is 4.98 Å². The lowest BCUT2D eigenvalue weighted by Gasteiger charge is -2.16. The number of nitrogens with zero attached hydrogens (tertiary/aromatic N) is 4. The summed E-state index contributed by atoms with van der Waals surface area (Å²) < 4.78 is 1.84. The van der Waals surface area contributed by atoms with Crippen molar-refractivity contribution in [2.75, 3.05) is 13.1 Å². The Bertz CT molecular complexity index is 654. The molecule has 1 amide bonds. The first-order valence-electron chi connectivity index (χ1n) is 7.11. The maximum absolute atomic E-state index is 12.0. The Morgan fingerprint density at radius 3 is 3.00 bits per heavy atom. The molecule has 2 aromatic rings. The van der Waals surface area contributed by atoms with E-state index in [-0.39, 0.29) is 11.9 Å². The van der Waals surface area contributed by atoms with Crippen molar-refractivity contribution in [2.24, 2.45) is 7.05 Å². The fraction of sp³-hybridized carbons (Fsp3) is 0.500. The van der Waals surface area contributed by atoms with Gasteiger partial charge < -0.3 is 10.4 Å². The molecule has 0 bridgehead atoms. The first kappa shape index (κ1) is 15.1. The molecule has 0 aliphatic carbocycles.